The SMILES string of the molecule is O=C(CC1CCN(Cc2ccc(CO)cc2)CC1)N1CCCC1. The molecule has 0 unspecified atom stereocenters. The summed E-state index contributed by atoms with van der Waals surface area (Å²) in [6.07, 6.45) is 5.38. The molecule has 2 saturated heterocycles. The summed E-state index contributed by atoms with van der Waals surface area (Å²) in [6, 6.07) is 8.21. The van der Waals surface area contributed by atoms with Crippen LogP contribution in [0, 0.1) is 5.92 Å². The molecule has 2 aliphatic rings. The molecule has 0 radical (unpaired) electrons. The number of carbonyl (C=O) groups excluding carboxylic acids is 1. The zero-order chi connectivity index (χ0) is 16.1. The highest BCUT2D eigenvalue weighted by molar-refractivity contribution is 5.76. The number of hydrogen-bond acceptors (Lipinski definition) is 3. The van der Waals surface area contributed by atoms with Crippen LogP contribution in [0.4, 0.5) is 0 Å². The topological polar surface area (TPSA) is 43.8 Å². The van der Waals surface area contributed by atoms with Gasteiger partial charge in [-0.2, -0.15) is 0 Å². The molecule has 1 N–H and O–H groups in total. The Balaban J connectivity index is 1.41. The lowest BCUT2D eigenvalue weighted by Crippen LogP contribution is -2.36. The van der Waals surface area contributed by atoms with Crippen LogP contribution in [0.2, 0.25) is 0 Å². The summed E-state index contributed by atoms with van der Waals surface area (Å²) in [5.74, 6) is 0.941. The molecule has 0 spiro atoms. The maximum absolute atomic E-state index is 12.2. The number of benzene rings is 1. The second-order valence-electron chi connectivity index (χ2n) is 6.99. The van der Waals surface area contributed by atoms with E-state index in [0.717, 1.165) is 57.5 Å². The van der Waals surface area contributed by atoms with Crippen LogP contribution in [0.25, 0.3) is 0 Å². The molecule has 0 aromatic heterocycles. The van der Waals surface area contributed by atoms with Crippen LogP contribution in [-0.4, -0.2) is 47.0 Å². The van der Waals surface area contributed by atoms with Crippen LogP contribution in [0.15, 0.2) is 24.3 Å². The van der Waals surface area contributed by atoms with Crippen molar-refractivity contribution in [3.8, 4) is 0 Å². The monoisotopic (exact) mass is 316 g/mol. The van der Waals surface area contributed by atoms with Crippen molar-refractivity contribution in [2.75, 3.05) is 26.2 Å². The summed E-state index contributed by atoms with van der Waals surface area (Å²) >= 11 is 0. The quantitative estimate of drug-likeness (QED) is 0.907. The van der Waals surface area contributed by atoms with Crippen molar-refractivity contribution >= 4 is 5.91 Å². The molecular weight excluding hydrogens is 288 g/mol. The maximum atomic E-state index is 12.2. The zero-order valence-electron chi connectivity index (χ0n) is 13.9. The van der Waals surface area contributed by atoms with E-state index in [4.69, 9.17) is 5.11 Å². The van der Waals surface area contributed by atoms with Gasteiger partial charge in [0.15, 0.2) is 0 Å². The average Bonchev–Trinajstić information content (AvgIpc) is 3.12. The van der Waals surface area contributed by atoms with Gasteiger partial charge in [-0.15, -0.1) is 0 Å². The van der Waals surface area contributed by atoms with E-state index in [1.807, 2.05) is 12.1 Å². The second kappa shape index (κ2) is 7.93. The number of aliphatic hydroxyl groups is 1. The number of piperidine rings is 1. The van der Waals surface area contributed by atoms with Gasteiger partial charge in [0.25, 0.3) is 0 Å². The summed E-state index contributed by atoms with van der Waals surface area (Å²) in [5.41, 5.74) is 2.27. The number of amides is 1. The highest BCUT2D eigenvalue weighted by Crippen LogP contribution is 2.23. The third-order valence-electron chi connectivity index (χ3n) is 5.24. The number of carbonyl (C=O) groups is 1. The van der Waals surface area contributed by atoms with E-state index < -0.39 is 0 Å². The molecule has 3 rings (SSSR count). The van der Waals surface area contributed by atoms with Crippen LogP contribution >= 0.6 is 0 Å². The third-order valence-corrected chi connectivity index (χ3v) is 5.24. The molecule has 1 aromatic carbocycles. The first-order valence-corrected chi connectivity index (χ1v) is 8.93. The summed E-state index contributed by atoms with van der Waals surface area (Å²) in [6.45, 7) is 5.19. The summed E-state index contributed by atoms with van der Waals surface area (Å²) in [4.78, 5) is 16.8. The van der Waals surface area contributed by atoms with E-state index in [-0.39, 0.29) is 6.61 Å². The van der Waals surface area contributed by atoms with Gasteiger partial charge in [0, 0.05) is 26.1 Å². The normalized spacial score (nSPS) is 20.1. The fraction of sp³-hybridized carbons (Fsp3) is 0.632. The summed E-state index contributed by atoms with van der Waals surface area (Å²) < 4.78 is 0. The lowest BCUT2D eigenvalue weighted by Gasteiger charge is -2.32. The maximum Gasteiger partial charge on any atom is 0.222 e. The van der Waals surface area contributed by atoms with Crippen LogP contribution in [0.3, 0.4) is 0 Å². The number of nitrogens with zero attached hydrogens (tertiary/aromatic N) is 2. The fourth-order valence-electron chi connectivity index (χ4n) is 3.70. The molecule has 2 fully saturated rings. The molecule has 2 aliphatic heterocycles. The first-order valence-electron chi connectivity index (χ1n) is 8.93. The van der Waals surface area contributed by atoms with Gasteiger partial charge >= 0.3 is 0 Å². The average molecular weight is 316 g/mol. The van der Waals surface area contributed by atoms with Crippen molar-refractivity contribution in [2.24, 2.45) is 5.92 Å². The van der Waals surface area contributed by atoms with E-state index >= 15 is 0 Å². The van der Waals surface area contributed by atoms with E-state index in [1.165, 1.54) is 18.4 Å². The molecule has 1 aromatic rings. The van der Waals surface area contributed by atoms with Crippen molar-refractivity contribution in [3.63, 3.8) is 0 Å². The molecule has 0 aliphatic carbocycles. The van der Waals surface area contributed by atoms with Gasteiger partial charge in [-0.3, -0.25) is 9.69 Å². The molecule has 0 atom stereocenters. The molecule has 1 amide bonds. The Morgan fingerprint density at radius 1 is 1.00 bits per heavy atom. The van der Waals surface area contributed by atoms with Crippen molar-refractivity contribution in [2.45, 2.75) is 45.3 Å². The fourth-order valence-corrected chi connectivity index (χ4v) is 3.70. The number of aliphatic hydroxyl groups excluding tert-OH is 1. The van der Waals surface area contributed by atoms with Crippen LogP contribution in [0.1, 0.15) is 43.2 Å². The Morgan fingerprint density at radius 2 is 1.61 bits per heavy atom. The number of likely N-dealkylation sites (tertiary alicyclic amines) is 2. The lowest BCUT2D eigenvalue weighted by atomic mass is 9.92. The van der Waals surface area contributed by atoms with Gasteiger partial charge in [-0.1, -0.05) is 24.3 Å². The standard InChI is InChI=1S/C19H28N2O2/c22-15-18-5-3-17(4-6-18)14-20-11-7-16(8-12-20)13-19(23)21-9-1-2-10-21/h3-6,16,22H,1-2,7-15H2. The minimum atomic E-state index is 0.108. The van der Waals surface area contributed by atoms with E-state index in [2.05, 4.69) is 21.9 Å². The molecule has 126 valence electrons. The smallest absolute Gasteiger partial charge is 0.222 e. The molecular formula is C19H28N2O2. The Morgan fingerprint density at radius 3 is 2.22 bits per heavy atom. The molecule has 0 bridgehead atoms. The Bertz CT molecular complexity index is 501. The van der Waals surface area contributed by atoms with Crippen LogP contribution in [0.5, 0.6) is 0 Å². The summed E-state index contributed by atoms with van der Waals surface area (Å²) in [7, 11) is 0. The molecule has 2 heterocycles. The Labute approximate surface area is 139 Å². The van der Waals surface area contributed by atoms with Gasteiger partial charge in [0.05, 0.1) is 6.61 Å². The Kier molecular flexibility index (Phi) is 5.68. The number of hydrogen-bond donors (Lipinski definition) is 1. The van der Waals surface area contributed by atoms with Gasteiger partial charge in [0.1, 0.15) is 0 Å². The van der Waals surface area contributed by atoms with E-state index in [9.17, 15) is 4.79 Å². The first kappa shape index (κ1) is 16.5. The third kappa shape index (κ3) is 4.55. The van der Waals surface area contributed by atoms with Crippen molar-refractivity contribution in [1.29, 1.82) is 0 Å². The lowest BCUT2D eigenvalue weighted by molar-refractivity contribution is -0.131. The molecule has 23 heavy (non-hydrogen) atoms. The number of rotatable bonds is 5. The Hall–Kier alpha value is -1.39. The summed E-state index contributed by atoms with van der Waals surface area (Å²) in [5, 5.41) is 9.09. The predicted molar refractivity (Wildman–Crippen MR) is 90.8 cm³/mol. The zero-order valence-corrected chi connectivity index (χ0v) is 13.9. The van der Waals surface area contributed by atoms with Crippen LogP contribution < -0.4 is 0 Å². The second-order valence-corrected chi connectivity index (χ2v) is 6.99. The minimum Gasteiger partial charge on any atom is -0.392 e. The van der Waals surface area contributed by atoms with Crippen molar-refractivity contribution < 1.29 is 9.90 Å². The first-order chi connectivity index (χ1) is 11.2. The highest BCUT2D eigenvalue weighted by Gasteiger charge is 2.25. The van der Waals surface area contributed by atoms with Crippen LogP contribution in [-0.2, 0) is 17.9 Å². The largest absolute Gasteiger partial charge is 0.392 e. The van der Waals surface area contributed by atoms with Gasteiger partial charge in [0.2, 0.25) is 5.91 Å². The molecule has 4 heteroatoms. The van der Waals surface area contributed by atoms with Gasteiger partial charge < -0.3 is 10.0 Å². The van der Waals surface area contributed by atoms with Gasteiger partial charge in [-0.25, -0.2) is 0 Å². The van der Waals surface area contributed by atoms with E-state index in [0.29, 0.717) is 11.8 Å². The molecule has 0 saturated carbocycles. The van der Waals surface area contributed by atoms with Crippen molar-refractivity contribution in [1.82, 2.24) is 9.80 Å². The van der Waals surface area contributed by atoms with Crippen molar-refractivity contribution in [3.05, 3.63) is 35.4 Å². The predicted octanol–water partition coefficient (Wildman–Crippen LogP) is 2.40. The van der Waals surface area contributed by atoms with E-state index in [1.54, 1.807) is 0 Å². The van der Waals surface area contributed by atoms with Gasteiger partial charge in [-0.05, 0) is 55.8 Å². The minimum absolute atomic E-state index is 0.108. The highest BCUT2D eigenvalue weighted by atomic mass is 16.3. The molecule has 4 nitrogen and oxygen atoms in total.